The minimum Gasteiger partial charge on any atom is -0.340 e. The maximum Gasteiger partial charge on any atom is 0.245 e. The van der Waals surface area contributed by atoms with E-state index in [9.17, 15) is 9.59 Å². The Morgan fingerprint density at radius 2 is 1.89 bits per heavy atom. The Balaban J connectivity index is 0.00000261. The number of carbonyl (C=O) groups is 2. The lowest BCUT2D eigenvalue weighted by atomic mass is 9.89. The van der Waals surface area contributed by atoms with E-state index >= 15 is 0 Å². The zero-order chi connectivity index (χ0) is 18.5. The van der Waals surface area contributed by atoms with Gasteiger partial charge in [-0.25, -0.2) is 0 Å². The van der Waals surface area contributed by atoms with Gasteiger partial charge in [0.2, 0.25) is 11.8 Å². The van der Waals surface area contributed by atoms with E-state index in [1.165, 1.54) is 5.56 Å². The zero-order valence-corrected chi connectivity index (χ0v) is 17.0. The van der Waals surface area contributed by atoms with Crippen molar-refractivity contribution in [2.45, 2.75) is 51.0 Å². The first-order chi connectivity index (χ1) is 12.7. The number of halogens is 1. The van der Waals surface area contributed by atoms with Gasteiger partial charge in [0, 0.05) is 32.0 Å². The summed E-state index contributed by atoms with van der Waals surface area (Å²) in [6.45, 7) is 4.70. The van der Waals surface area contributed by atoms with Gasteiger partial charge in [0.05, 0.1) is 0 Å². The molecule has 6 heteroatoms. The Morgan fingerprint density at radius 1 is 1.15 bits per heavy atom. The largest absolute Gasteiger partial charge is 0.340 e. The van der Waals surface area contributed by atoms with Crippen molar-refractivity contribution in [3.05, 3.63) is 35.9 Å². The van der Waals surface area contributed by atoms with E-state index in [-0.39, 0.29) is 42.1 Å². The van der Waals surface area contributed by atoms with Gasteiger partial charge in [0.25, 0.3) is 0 Å². The highest BCUT2D eigenvalue weighted by atomic mass is 35.5. The lowest BCUT2D eigenvalue weighted by Gasteiger charge is -2.37. The van der Waals surface area contributed by atoms with Crippen LogP contribution in [0.3, 0.4) is 0 Å². The molecule has 1 unspecified atom stereocenters. The lowest BCUT2D eigenvalue weighted by Crippen LogP contribution is -2.52. The van der Waals surface area contributed by atoms with Gasteiger partial charge in [-0.3, -0.25) is 9.59 Å². The molecule has 2 amide bonds. The summed E-state index contributed by atoms with van der Waals surface area (Å²) in [5.74, 6) is 0.809. The van der Waals surface area contributed by atoms with Gasteiger partial charge in [-0.05, 0) is 43.7 Å². The average Bonchev–Trinajstić information content (AvgIpc) is 3.13. The number of benzene rings is 1. The van der Waals surface area contributed by atoms with Crippen molar-refractivity contribution in [2.24, 2.45) is 11.7 Å². The molecule has 2 fully saturated rings. The SMILES string of the molecule is CCCC(=O)N1CCCCC1C(=O)N1C[C@@H](CN)[C@H](c2ccccc2)C1.Cl. The molecule has 2 N–H and O–H groups in total. The third-order valence-electron chi connectivity index (χ3n) is 5.86. The molecule has 0 bridgehead atoms. The standard InChI is InChI=1S/C21H31N3O2.ClH/c1-2-8-20(25)24-12-7-6-11-19(24)21(26)23-14-17(13-22)18(15-23)16-9-4-3-5-10-16;/h3-5,9-10,17-19H,2,6-8,11-15,22H2,1H3;1H/t17-,18+,19?;/m1./s1. The quantitative estimate of drug-likeness (QED) is 0.836. The minimum absolute atomic E-state index is 0. The Bertz CT molecular complexity index is 625. The molecule has 1 aromatic rings. The first kappa shape index (κ1) is 21.7. The molecule has 3 atom stereocenters. The van der Waals surface area contributed by atoms with Gasteiger partial charge in [0.15, 0.2) is 0 Å². The van der Waals surface area contributed by atoms with Crippen LogP contribution in [-0.4, -0.2) is 53.8 Å². The fourth-order valence-corrected chi connectivity index (χ4v) is 4.42. The predicted molar refractivity (Wildman–Crippen MR) is 110 cm³/mol. The van der Waals surface area contributed by atoms with Gasteiger partial charge < -0.3 is 15.5 Å². The van der Waals surface area contributed by atoms with Crippen molar-refractivity contribution in [1.29, 1.82) is 0 Å². The lowest BCUT2D eigenvalue weighted by molar-refractivity contribution is -0.147. The second kappa shape index (κ2) is 10.1. The maximum absolute atomic E-state index is 13.2. The molecule has 3 rings (SSSR count). The van der Waals surface area contributed by atoms with Crippen LogP contribution in [0, 0.1) is 5.92 Å². The highest BCUT2D eigenvalue weighted by Gasteiger charge is 2.40. The summed E-state index contributed by atoms with van der Waals surface area (Å²) < 4.78 is 0. The van der Waals surface area contributed by atoms with Crippen LogP contribution in [0.5, 0.6) is 0 Å². The van der Waals surface area contributed by atoms with E-state index in [0.29, 0.717) is 32.6 Å². The number of hydrogen-bond donors (Lipinski definition) is 1. The molecule has 27 heavy (non-hydrogen) atoms. The third-order valence-corrected chi connectivity index (χ3v) is 5.86. The van der Waals surface area contributed by atoms with E-state index in [1.54, 1.807) is 0 Å². The van der Waals surface area contributed by atoms with Crippen LogP contribution in [0.15, 0.2) is 30.3 Å². The first-order valence-electron chi connectivity index (χ1n) is 9.99. The number of rotatable bonds is 5. The van der Waals surface area contributed by atoms with Crippen LogP contribution in [0.4, 0.5) is 0 Å². The van der Waals surface area contributed by atoms with Gasteiger partial charge in [-0.2, -0.15) is 0 Å². The molecule has 0 radical (unpaired) electrons. The van der Waals surface area contributed by atoms with Crippen LogP contribution in [0.2, 0.25) is 0 Å². The van der Waals surface area contributed by atoms with Crippen molar-refractivity contribution in [1.82, 2.24) is 9.80 Å². The molecular formula is C21H32ClN3O2. The number of nitrogens with zero attached hydrogens (tertiary/aromatic N) is 2. The Morgan fingerprint density at radius 3 is 2.56 bits per heavy atom. The molecule has 0 spiro atoms. The van der Waals surface area contributed by atoms with Gasteiger partial charge in [0.1, 0.15) is 6.04 Å². The molecule has 0 aliphatic carbocycles. The minimum atomic E-state index is -0.282. The summed E-state index contributed by atoms with van der Waals surface area (Å²) in [4.78, 5) is 29.5. The molecule has 150 valence electrons. The average molecular weight is 394 g/mol. The molecule has 0 saturated carbocycles. The van der Waals surface area contributed by atoms with Crippen molar-refractivity contribution in [3.8, 4) is 0 Å². The molecular weight excluding hydrogens is 362 g/mol. The molecule has 0 aromatic heterocycles. The molecule has 2 aliphatic rings. The van der Waals surface area contributed by atoms with Crippen molar-refractivity contribution < 1.29 is 9.59 Å². The highest BCUT2D eigenvalue weighted by molar-refractivity contribution is 5.88. The van der Waals surface area contributed by atoms with Crippen LogP contribution in [0.1, 0.15) is 50.5 Å². The van der Waals surface area contributed by atoms with Crippen LogP contribution >= 0.6 is 12.4 Å². The second-order valence-electron chi connectivity index (χ2n) is 7.60. The Hall–Kier alpha value is -1.59. The summed E-state index contributed by atoms with van der Waals surface area (Å²) in [6.07, 6.45) is 4.15. The van der Waals surface area contributed by atoms with E-state index in [2.05, 4.69) is 12.1 Å². The maximum atomic E-state index is 13.2. The number of carbonyl (C=O) groups excluding carboxylic acids is 2. The summed E-state index contributed by atoms with van der Waals surface area (Å²) in [5.41, 5.74) is 7.27. The van der Waals surface area contributed by atoms with Gasteiger partial charge >= 0.3 is 0 Å². The normalized spacial score (nSPS) is 25.2. The van der Waals surface area contributed by atoms with Crippen LogP contribution in [0.25, 0.3) is 0 Å². The van der Waals surface area contributed by atoms with E-state index in [0.717, 1.165) is 25.7 Å². The van der Waals surface area contributed by atoms with Crippen molar-refractivity contribution in [3.63, 3.8) is 0 Å². The smallest absolute Gasteiger partial charge is 0.245 e. The number of likely N-dealkylation sites (tertiary alicyclic amines) is 2. The fraction of sp³-hybridized carbons (Fsp3) is 0.619. The van der Waals surface area contributed by atoms with Crippen molar-refractivity contribution >= 4 is 24.2 Å². The van der Waals surface area contributed by atoms with Gasteiger partial charge in [-0.15, -0.1) is 12.4 Å². The van der Waals surface area contributed by atoms with Crippen LogP contribution in [-0.2, 0) is 9.59 Å². The van der Waals surface area contributed by atoms with E-state index < -0.39 is 0 Å². The number of piperidine rings is 1. The molecule has 2 saturated heterocycles. The van der Waals surface area contributed by atoms with E-state index in [4.69, 9.17) is 5.73 Å². The van der Waals surface area contributed by atoms with Gasteiger partial charge in [-0.1, -0.05) is 37.3 Å². The summed E-state index contributed by atoms with van der Waals surface area (Å²) in [6, 6.07) is 10.1. The highest BCUT2D eigenvalue weighted by Crippen LogP contribution is 2.33. The summed E-state index contributed by atoms with van der Waals surface area (Å²) in [5, 5.41) is 0. The molecule has 5 nitrogen and oxygen atoms in total. The Kier molecular flexibility index (Phi) is 8.11. The number of hydrogen-bond acceptors (Lipinski definition) is 3. The summed E-state index contributed by atoms with van der Waals surface area (Å²) in [7, 11) is 0. The molecule has 2 aliphatic heterocycles. The fourth-order valence-electron chi connectivity index (χ4n) is 4.42. The van der Waals surface area contributed by atoms with Crippen molar-refractivity contribution in [2.75, 3.05) is 26.2 Å². The van der Waals surface area contributed by atoms with E-state index in [1.807, 2.05) is 34.9 Å². The summed E-state index contributed by atoms with van der Waals surface area (Å²) >= 11 is 0. The molecule has 2 heterocycles. The zero-order valence-electron chi connectivity index (χ0n) is 16.2. The number of amides is 2. The Labute approximate surface area is 168 Å². The number of nitrogens with two attached hydrogens (primary N) is 1. The monoisotopic (exact) mass is 393 g/mol. The topological polar surface area (TPSA) is 66.6 Å². The second-order valence-corrected chi connectivity index (χ2v) is 7.60. The van der Waals surface area contributed by atoms with Crippen LogP contribution < -0.4 is 5.73 Å². The molecule has 1 aromatic carbocycles. The predicted octanol–water partition coefficient (Wildman–Crippen LogP) is 2.79. The first-order valence-corrected chi connectivity index (χ1v) is 9.99. The third kappa shape index (κ3) is 4.82.